The number of anilines is 1. The predicted molar refractivity (Wildman–Crippen MR) is 99.1 cm³/mol. The van der Waals surface area contributed by atoms with E-state index in [0.29, 0.717) is 19.0 Å². The highest BCUT2D eigenvalue weighted by atomic mass is 32.2. The Kier molecular flexibility index (Phi) is 6.23. The maximum atomic E-state index is 5.63. The van der Waals surface area contributed by atoms with Gasteiger partial charge in [0.15, 0.2) is 5.16 Å². The Morgan fingerprint density at radius 2 is 1.96 bits per heavy atom. The van der Waals surface area contributed by atoms with Gasteiger partial charge >= 0.3 is 0 Å². The number of nitrogens with two attached hydrogens (primary N) is 1. The van der Waals surface area contributed by atoms with E-state index in [1.807, 2.05) is 18.5 Å². The molecule has 0 radical (unpaired) electrons. The zero-order chi connectivity index (χ0) is 17.5. The van der Waals surface area contributed by atoms with E-state index < -0.39 is 0 Å². The fraction of sp³-hybridized carbons (Fsp3) is 0.389. The van der Waals surface area contributed by atoms with Gasteiger partial charge < -0.3 is 10.5 Å². The molecule has 0 amide bonds. The lowest BCUT2D eigenvalue weighted by atomic mass is 10.1. The Bertz CT molecular complexity index is 733. The second-order valence-corrected chi connectivity index (χ2v) is 6.76. The van der Waals surface area contributed by atoms with Gasteiger partial charge in [-0.3, -0.25) is 4.90 Å². The van der Waals surface area contributed by atoms with Crippen molar-refractivity contribution in [2.45, 2.75) is 18.1 Å². The summed E-state index contributed by atoms with van der Waals surface area (Å²) in [5.74, 6) is 7.99. The molecule has 1 aliphatic heterocycles. The van der Waals surface area contributed by atoms with Crippen molar-refractivity contribution in [3.8, 4) is 11.8 Å². The highest BCUT2D eigenvalue weighted by Gasteiger charge is 2.21. The lowest BCUT2D eigenvalue weighted by Crippen LogP contribution is -2.38. The van der Waals surface area contributed by atoms with Gasteiger partial charge in [0, 0.05) is 42.8 Å². The first-order valence-electron chi connectivity index (χ1n) is 8.26. The van der Waals surface area contributed by atoms with Crippen LogP contribution < -0.4 is 5.73 Å². The normalized spacial score (nSPS) is 16.0. The largest absolute Gasteiger partial charge is 0.384 e. The Morgan fingerprint density at radius 3 is 2.60 bits per heavy atom. The summed E-state index contributed by atoms with van der Waals surface area (Å²) in [4.78, 5) is 15.3. The lowest BCUT2D eigenvalue weighted by Gasteiger charge is -2.31. The van der Waals surface area contributed by atoms with E-state index in [4.69, 9.17) is 10.5 Å². The van der Waals surface area contributed by atoms with Crippen LogP contribution in [-0.2, 0) is 4.74 Å². The summed E-state index contributed by atoms with van der Waals surface area (Å²) in [6.45, 7) is 5.19. The molecular formula is C18H21N5OS. The van der Waals surface area contributed by atoms with Crippen molar-refractivity contribution in [2.24, 2.45) is 0 Å². The zero-order valence-corrected chi connectivity index (χ0v) is 15.0. The molecule has 1 atom stereocenters. The number of hydrogen-bond donors (Lipinski definition) is 1. The van der Waals surface area contributed by atoms with E-state index in [1.54, 1.807) is 24.0 Å². The van der Waals surface area contributed by atoms with Crippen LogP contribution >= 0.6 is 11.8 Å². The quantitative estimate of drug-likeness (QED) is 0.510. The third kappa shape index (κ3) is 4.92. The Balaban J connectivity index is 1.85. The molecule has 1 saturated heterocycles. The molecule has 2 N–H and O–H groups in total. The van der Waals surface area contributed by atoms with Gasteiger partial charge in [0.25, 0.3) is 0 Å². The van der Waals surface area contributed by atoms with Crippen molar-refractivity contribution in [2.75, 3.05) is 37.8 Å². The topological polar surface area (TPSA) is 77.2 Å². The van der Waals surface area contributed by atoms with Crippen LogP contribution in [0.3, 0.4) is 0 Å². The number of morpholine rings is 1. The van der Waals surface area contributed by atoms with Crippen LogP contribution in [0, 0.1) is 11.8 Å². The monoisotopic (exact) mass is 355 g/mol. The summed E-state index contributed by atoms with van der Waals surface area (Å²) in [6.07, 6.45) is 5.44. The van der Waals surface area contributed by atoms with Crippen LogP contribution in [-0.4, -0.2) is 51.9 Å². The molecule has 3 rings (SSSR count). The minimum atomic E-state index is -0.0675. The van der Waals surface area contributed by atoms with E-state index in [-0.39, 0.29) is 6.04 Å². The molecule has 2 aromatic rings. The third-order valence-electron chi connectivity index (χ3n) is 3.79. The Labute approximate surface area is 152 Å². The zero-order valence-electron chi connectivity index (χ0n) is 14.2. The number of nitrogen functional groups attached to an aromatic ring is 1. The van der Waals surface area contributed by atoms with Gasteiger partial charge in [0.05, 0.1) is 13.2 Å². The van der Waals surface area contributed by atoms with Gasteiger partial charge in [-0.15, -0.1) is 0 Å². The van der Waals surface area contributed by atoms with Gasteiger partial charge in [-0.1, -0.05) is 30.5 Å². The number of aromatic nitrogens is 3. The van der Waals surface area contributed by atoms with Crippen LogP contribution in [0.1, 0.15) is 24.1 Å². The van der Waals surface area contributed by atoms with Gasteiger partial charge in [-0.25, -0.2) is 15.0 Å². The molecule has 0 aliphatic carbocycles. The SMILES string of the molecule is CCSc1ncc([C@H](C#Cc2ccc(N)nc2)N2CCOCC2)cn1. The van der Waals surface area contributed by atoms with Crippen molar-refractivity contribution < 1.29 is 4.74 Å². The Morgan fingerprint density at radius 1 is 1.20 bits per heavy atom. The van der Waals surface area contributed by atoms with Crippen molar-refractivity contribution >= 4 is 17.6 Å². The van der Waals surface area contributed by atoms with E-state index in [1.165, 1.54) is 0 Å². The number of ether oxygens (including phenoxy) is 1. The average molecular weight is 355 g/mol. The number of pyridine rings is 1. The summed E-state index contributed by atoms with van der Waals surface area (Å²) in [7, 11) is 0. The average Bonchev–Trinajstić information content (AvgIpc) is 2.66. The van der Waals surface area contributed by atoms with Crippen molar-refractivity contribution in [1.82, 2.24) is 19.9 Å². The molecule has 0 bridgehead atoms. The smallest absolute Gasteiger partial charge is 0.187 e. The second-order valence-electron chi connectivity index (χ2n) is 5.52. The van der Waals surface area contributed by atoms with Gasteiger partial charge in [0.2, 0.25) is 0 Å². The third-order valence-corrected chi connectivity index (χ3v) is 4.55. The molecular weight excluding hydrogens is 334 g/mol. The van der Waals surface area contributed by atoms with Crippen LogP contribution in [0.25, 0.3) is 0 Å². The summed E-state index contributed by atoms with van der Waals surface area (Å²) < 4.78 is 5.46. The lowest BCUT2D eigenvalue weighted by molar-refractivity contribution is 0.0268. The van der Waals surface area contributed by atoms with Crippen LogP contribution in [0.15, 0.2) is 35.9 Å². The highest BCUT2D eigenvalue weighted by molar-refractivity contribution is 7.99. The van der Waals surface area contributed by atoms with Crippen molar-refractivity contribution in [3.05, 3.63) is 41.9 Å². The molecule has 0 aromatic carbocycles. The van der Waals surface area contributed by atoms with Crippen LogP contribution in [0.4, 0.5) is 5.82 Å². The fourth-order valence-electron chi connectivity index (χ4n) is 2.52. The van der Waals surface area contributed by atoms with E-state index in [2.05, 4.69) is 38.6 Å². The minimum absolute atomic E-state index is 0.0675. The van der Waals surface area contributed by atoms with Crippen LogP contribution in [0.5, 0.6) is 0 Å². The van der Waals surface area contributed by atoms with E-state index in [0.717, 1.165) is 35.1 Å². The molecule has 130 valence electrons. The van der Waals surface area contributed by atoms with Crippen LogP contribution in [0.2, 0.25) is 0 Å². The number of thioether (sulfide) groups is 1. The van der Waals surface area contributed by atoms with E-state index in [9.17, 15) is 0 Å². The predicted octanol–water partition coefficient (Wildman–Crippen LogP) is 1.99. The molecule has 6 nitrogen and oxygen atoms in total. The molecule has 25 heavy (non-hydrogen) atoms. The number of hydrogen-bond acceptors (Lipinski definition) is 7. The van der Waals surface area contributed by atoms with Gasteiger partial charge in [0.1, 0.15) is 11.9 Å². The Hall–Kier alpha value is -2.14. The molecule has 7 heteroatoms. The van der Waals surface area contributed by atoms with Gasteiger partial charge in [-0.2, -0.15) is 0 Å². The molecule has 2 aromatic heterocycles. The standard InChI is InChI=1S/C18H21N5OS/c1-2-25-18-21-12-15(13-22-18)16(23-7-9-24-10-8-23)5-3-14-4-6-17(19)20-11-14/h4,6,11-13,16H,2,7-10H2,1H3,(H2,19,20)/t16-/m0/s1. The molecule has 1 aliphatic rings. The molecule has 3 heterocycles. The fourth-order valence-corrected chi connectivity index (χ4v) is 3.04. The highest BCUT2D eigenvalue weighted by Crippen LogP contribution is 2.22. The summed E-state index contributed by atoms with van der Waals surface area (Å²) >= 11 is 1.63. The number of rotatable bonds is 4. The summed E-state index contributed by atoms with van der Waals surface area (Å²) in [6, 6.07) is 3.57. The van der Waals surface area contributed by atoms with Crippen molar-refractivity contribution in [3.63, 3.8) is 0 Å². The second kappa shape index (κ2) is 8.81. The minimum Gasteiger partial charge on any atom is -0.384 e. The summed E-state index contributed by atoms with van der Waals surface area (Å²) in [5.41, 5.74) is 7.47. The maximum Gasteiger partial charge on any atom is 0.187 e. The van der Waals surface area contributed by atoms with E-state index >= 15 is 0 Å². The molecule has 1 fully saturated rings. The first kappa shape index (κ1) is 17.7. The van der Waals surface area contributed by atoms with Crippen molar-refractivity contribution in [1.29, 1.82) is 0 Å². The first-order chi connectivity index (χ1) is 12.3. The maximum absolute atomic E-state index is 5.63. The molecule has 0 saturated carbocycles. The number of nitrogens with zero attached hydrogens (tertiary/aromatic N) is 4. The molecule has 0 spiro atoms. The molecule has 0 unspecified atom stereocenters. The first-order valence-corrected chi connectivity index (χ1v) is 9.24. The van der Waals surface area contributed by atoms with Gasteiger partial charge in [-0.05, 0) is 17.9 Å². The summed E-state index contributed by atoms with van der Waals surface area (Å²) in [5, 5.41) is 0.794.